The van der Waals surface area contributed by atoms with Crippen molar-refractivity contribution in [1.82, 2.24) is 4.90 Å². The van der Waals surface area contributed by atoms with Gasteiger partial charge in [0, 0.05) is 18.6 Å². The Bertz CT molecular complexity index is 774. The lowest BCUT2D eigenvalue weighted by Crippen LogP contribution is -2.27. The molecule has 0 fully saturated rings. The molecule has 0 aliphatic carbocycles. The average molecular weight is 358 g/mol. The molecule has 2 aromatic rings. The summed E-state index contributed by atoms with van der Waals surface area (Å²) in [6.45, 7) is 0.953. The smallest absolute Gasteiger partial charge is 0.230 e. The maximum Gasteiger partial charge on any atom is 0.230 e. The first-order chi connectivity index (χ1) is 12.2. The van der Waals surface area contributed by atoms with Crippen molar-refractivity contribution in [1.29, 1.82) is 0 Å². The van der Waals surface area contributed by atoms with Gasteiger partial charge < -0.3 is 14.7 Å². The number of hydrogen-bond donors (Lipinski definition) is 1. The zero-order chi connectivity index (χ0) is 17.6. The summed E-state index contributed by atoms with van der Waals surface area (Å²) < 4.78 is 5.74. The standard InChI is InChI=1S/C20H20ClNO3/c21-8-4-9-22-10-7-16-11-18(23)19(12-17(16)13-20(22)24)25-14-15-5-2-1-3-6-15/h1-3,5-7,10-12,23H,4,8-9,13-14H2. The molecular weight excluding hydrogens is 338 g/mol. The molecule has 3 rings (SSSR count). The summed E-state index contributed by atoms with van der Waals surface area (Å²) >= 11 is 5.71. The van der Waals surface area contributed by atoms with E-state index in [9.17, 15) is 9.90 Å². The van der Waals surface area contributed by atoms with Gasteiger partial charge in [0.25, 0.3) is 0 Å². The highest BCUT2D eigenvalue weighted by Crippen LogP contribution is 2.32. The maximum atomic E-state index is 12.4. The third-order valence-electron chi connectivity index (χ3n) is 4.09. The molecule has 0 saturated carbocycles. The molecule has 1 heterocycles. The van der Waals surface area contributed by atoms with Crippen LogP contribution in [-0.2, 0) is 17.8 Å². The Morgan fingerprint density at radius 3 is 2.76 bits per heavy atom. The fourth-order valence-corrected chi connectivity index (χ4v) is 2.85. The SMILES string of the molecule is O=C1Cc2cc(OCc3ccccc3)c(O)cc2C=CN1CCCCl. The van der Waals surface area contributed by atoms with Crippen molar-refractivity contribution in [3.05, 3.63) is 65.4 Å². The first kappa shape index (κ1) is 17.4. The second-order valence-electron chi connectivity index (χ2n) is 5.92. The molecule has 5 heteroatoms. The molecule has 1 aliphatic rings. The van der Waals surface area contributed by atoms with Crippen LogP contribution in [-0.4, -0.2) is 28.3 Å². The van der Waals surface area contributed by atoms with Crippen molar-refractivity contribution in [3.63, 3.8) is 0 Å². The molecule has 0 bridgehead atoms. The molecule has 1 amide bonds. The van der Waals surface area contributed by atoms with Gasteiger partial charge in [-0.2, -0.15) is 0 Å². The predicted octanol–water partition coefficient (Wildman–Crippen LogP) is 3.96. The number of ether oxygens (including phenoxy) is 1. The van der Waals surface area contributed by atoms with Crippen molar-refractivity contribution in [2.45, 2.75) is 19.4 Å². The van der Waals surface area contributed by atoms with Crippen molar-refractivity contribution in [3.8, 4) is 11.5 Å². The summed E-state index contributed by atoms with van der Waals surface area (Å²) in [6, 6.07) is 13.1. The van der Waals surface area contributed by atoms with Gasteiger partial charge in [-0.05, 0) is 41.3 Å². The van der Waals surface area contributed by atoms with Crippen LogP contribution in [0.4, 0.5) is 0 Å². The predicted molar refractivity (Wildman–Crippen MR) is 98.7 cm³/mol. The third-order valence-corrected chi connectivity index (χ3v) is 4.35. The lowest BCUT2D eigenvalue weighted by Gasteiger charge is -2.16. The molecule has 0 saturated heterocycles. The van der Waals surface area contributed by atoms with E-state index in [1.165, 1.54) is 0 Å². The zero-order valence-electron chi connectivity index (χ0n) is 13.8. The summed E-state index contributed by atoms with van der Waals surface area (Å²) in [7, 11) is 0. The summed E-state index contributed by atoms with van der Waals surface area (Å²) in [6.07, 6.45) is 4.61. The summed E-state index contributed by atoms with van der Waals surface area (Å²) in [5.41, 5.74) is 2.68. The van der Waals surface area contributed by atoms with Crippen LogP contribution in [0.15, 0.2) is 48.7 Å². The highest BCUT2D eigenvalue weighted by atomic mass is 35.5. The molecule has 0 atom stereocenters. The molecule has 0 radical (unpaired) electrons. The number of phenols is 1. The monoisotopic (exact) mass is 357 g/mol. The van der Waals surface area contributed by atoms with Crippen LogP contribution in [0.5, 0.6) is 11.5 Å². The number of hydrogen-bond acceptors (Lipinski definition) is 3. The molecular formula is C20H20ClNO3. The van der Waals surface area contributed by atoms with Crippen LogP contribution in [0.2, 0.25) is 0 Å². The fraction of sp³-hybridized carbons (Fsp3) is 0.250. The quantitative estimate of drug-likeness (QED) is 0.796. The Hall–Kier alpha value is -2.46. The van der Waals surface area contributed by atoms with E-state index in [1.54, 1.807) is 23.2 Å². The number of aromatic hydroxyl groups is 1. The number of halogens is 1. The third kappa shape index (κ3) is 4.34. The van der Waals surface area contributed by atoms with E-state index >= 15 is 0 Å². The Morgan fingerprint density at radius 1 is 1.20 bits per heavy atom. The molecule has 4 nitrogen and oxygen atoms in total. The number of carbonyl (C=O) groups excluding carboxylic acids is 1. The van der Waals surface area contributed by atoms with Gasteiger partial charge in [0.2, 0.25) is 5.91 Å². The van der Waals surface area contributed by atoms with Crippen LogP contribution >= 0.6 is 11.6 Å². The maximum absolute atomic E-state index is 12.4. The van der Waals surface area contributed by atoms with Gasteiger partial charge in [-0.3, -0.25) is 4.79 Å². The van der Waals surface area contributed by atoms with Gasteiger partial charge in [0.1, 0.15) is 6.61 Å². The molecule has 2 aromatic carbocycles. The minimum Gasteiger partial charge on any atom is -0.504 e. The molecule has 0 unspecified atom stereocenters. The van der Waals surface area contributed by atoms with E-state index in [0.29, 0.717) is 24.8 Å². The van der Waals surface area contributed by atoms with Crippen LogP contribution < -0.4 is 4.74 Å². The van der Waals surface area contributed by atoms with E-state index < -0.39 is 0 Å². The number of carbonyl (C=O) groups is 1. The van der Waals surface area contributed by atoms with Gasteiger partial charge >= 0.3 is 0 Å². The van der Waals surface area contributed by atoms with E-state index in [-0.39, 0.29) is 18.1 Å². The number of alkyl halides is 1. The Labute approximate surface area is 152 Å². The van der Waals surface area contributed by atoms with E-state index in [4.69, 9.17) is 16.3 Å². The lowest BCUT2D eigenvalue weighted by molar-refractivity contribution is -0.127. The first-order valence-corrected chi connectivity index (χ1v) is 8.77. The molecule has 0 spiro atoms. The normalized spacial score (nSPS) is 13.5. The van der Waals surface area contributed by atoms with E-state index in [0.717, 1.165) is 23.1 Å². The van der Waals surface area contributed by atoms with Gasteiger partial charge in [-0.25, -0.2) is 0 Å². The largest absolute Gasteiger partial charge is 0.504 e. The van der Waals surface area contributed by atoms with Crippen molar-refractivity contribution < 1.29 is 14.6 Å². The average Bonchev–Trinajstić information content (AvgIpc) is 2.77. The molecule has 0 aromatic heterocycles. The van der Waals surface area contributed by atoms with Crippen molar-refractivity contribution in [2.75, 3.05) is 12.4 Å². The minimum absolute atomic E-state index is 0.0137. The van der Waals surface area contributed by atoms with Crippen LogP contribution in [0.1, 0.15) is 23.1 Å². The van der Waals surface area contributed by atoms with Crippen LogP contribution in [0, 0.1) is 0 Å². The highest BCUT2D eigenvalue weighted by Gasteiger charge is 2.19. The van der Waals surface area contributed by atoms with Gasteiger partial charge in [-0.1, -0.05) is 30.3 Å². The first-order valence-electron chi connectivity index (χ1n) is 8.23. The highest BCUT2D eigenvalue weighted by molar-refractivity contribution is 6.17. The van der Waals surface area contributed by atoms with Crippen LogP contribution in [0.3, 0.4) is 0 Å². The zero-order valence-corrected chi connectivity index (χ0v) is 14.6. The second-order valence-corrected chi connectivity index (χ2v) is 6.29. The lowest BCUT2D eigenvalue weighted by atomic mass is 10.0. The van der Waals surface area contributed by atoms with Crippen LogP contribution in [0.25, 0.3) is 6.08 Å². The summed E-state index contributed by atoms with van der Waals surface area (Å²) in [5, 5.41) is 10.2. The number of amides is 1. The number of rotatable bonds is 6. The van der Waals surface area contributed by atoms with Crippen molar-refractivity contribution in [2.24, 2.45) is 0 Å². The number of benzene rings is 2. The van der Waals surface area contributed by atoms with E-state index in [2.05, 4.69) is 0 Å². The van der Waals surface area contributed by atoms with Gasteiger partial charge in [0.05, 0.1) is 6.42 Å². The van der Waals surface area contributed by atoms with E-state index in [1.807, 2.05) is 36.4 Å². The molecule has 1 aliphatic heterocycles. The Balaban J connectivity index is 1.77. The Kier molecular flexibility index (Phi) is 5.61. The topological polar surface area (TPSA) is 49.8 Å². The molecule has 1 N–H and O–H groups in total. The summed E-state index contributed by atoms with van der Waals surface area (Å²) in [5.74, 6) is 0.988. The number of nitrogens with zero attached hydrogens (tertiary/aromatic N) is 1. The van der Waals surface area contributed by atoms with Gasteiger partial charge in [0.15, 0.2) is 11.5 Å². The Morgan fingerprint density at radius 2 is 2.00 bits per heavy atom. The minimum atomic E-state index is 0.0137. The molecule has 130 valence electrons. The van der Waals surface area contributed by atoms with Gasteiger partial charge in [-0.15, -0.1) is 11.6 Å². The fourth-order valence-electron chi connectivity index (χ4n) is 2.73. The van der Waals surface area contributed by atoms with Crippen molar-refractivity contribution >= 4 is 23.6 Å². The second kappa shape index (κ2) is 8.08. The number of phenolic OH excluding ortho intramolecular Hbond substituents is 1. The number of fused-ring (bicyclic) bond motifs is 1. The summed E-state index contributed by atoms with van der Waals surface area (Å²) in [4.78, 5) is 14.1. The molecule has 25 heavy (non-hydrogen) atoms.